The van der Waals surface area contributed by atoms with E-state index in [1.165, 1.54) is 0 Å². The number of rotatable bonds is 11. The van der Waals surface area contributed by atoms with Gasteiger partial charge in [0, 0.05) is 31.7 Å². The fourth-order valence-corrected chi connectivity index (χ4v) is 4.07. The number of ether oxygens (including phenoxy) is 2. The van der Waals surface area contributed by atoms with Gasteiger partial charge >= 0.3 is 0 Å². The summed E-state index contributed by atoms with van der Waals surface area (Å²) >= 11 is 6.39. The minimum absolute atomic E-state index is 0.0904. The molecule has 0 bridgehead atoms. The summed E-state index contributed by atoms with van der Waals surface area (Å²) in [5.74, 6) is 1.24. The fraction of sp³-hybridized carbons (Fsp3) is 0.423. The van der Waals surface area contributed by atoms with Gasteiger partial charge in [-0.15, -0.1) is 0 Å². The largest absolute Gasteiger partial charge is 0.437 e. The first-order valence-corrected chi connectivity index (χ1v) is 11.9. The zero-order valence-electron chi connectivity index (χ0n) is 19.4. The molecule has 1 saturated carbocycles. The van der Waals surface area contributed by atoms with Gasteiger partial charge in [-0.25, -0.2) is 4.68 Å². The van der Waals surface area contributed by atoms with E-state index in [9.17, 15) is 5.11 Å². The molecule has 1 aliphatic rings. The quantitative estimate of drug-likeness (QED) is 0.414. The summed E-state index contributed by atoms with van der Waals surface area (Å²) in [6, 6.07) is 18.0. The van der Waals surface area contributed by atoms with Crippen LogP contribution in [0.5, 0.6) is 11.6 Å². The molecule has 33 heavy (non-hydrogen) atoms. The van der Waals surface area contributed by atoms with Crippen molar-refractivity contribution < 1.29 is 14.6 Å². The molecule has 1 N–H and O–H groups in total. The van der Waals surface area contributed by atoms with Gasteiger partial charge in [0.05, 0.1) is 29.4 Å². The topological polar surface area (TPSA) is 59.8 Å². The van der Waals surface area contributed by atoms with Crippen molar-refractivity contribution in [3.63, 3.8) is 0 Å². The lowest BCUT2D eigenvalue weighted by Gasteiger charge is -2.26. The lowest BCUT2D eigenvalue weighted by molar-refractivity contribution is -0.0107. The van der Waals surface area contributed by atoms with Crippen molar-refractivity contribution in [3.8, 4) is 22.9 Å². The highest BCUT2D eigenvalue weighted by Gasteiger charge is 2.33. The minimum Gasteiger partial charge on any atom is -0.437 e. The summed E-state index contributed by atoms with van der Waals surface area (Å²) < 4.78 is 13.7. The van der Waals surface area contributed by atoms with Gasteiger partial charge in [0.15, 0.2) is 0 Å². The summed E-state index contributed by atoms with van der Waals surface area (Å²) in [4.78, 5) is 2.32. The highest BCUT2D eigenvalue weighted by molar-refractivity contribution is 6.32. The summed E-state index contributed by atoms with van der Waals surface area (Å²) in [7, 11) is 1.88. The highest BCUT2D eigenvalue weighted by Crippen LogP contribution is 2.38. The fourth-order valence-electron chi connectivity index (χ4n) is 3.89. The van der Waals surface area contributed by atoms with Crippen molar-refractivity contribution >= 4 is 11.6 Å². The number of aliphatic hydroxyl groups excluding tert-OH is 1. The van der Waals surface area contributed by atoms with Crippen LogP contribution in [0.3, 0.4) is 0 Å². The summed E-state index contributed by atoms with van der Waals surface area (Å²) in [6.45, 7) is 5.42. The standard InChI is InChI=1S/C26H32ClN3O3/c1-18(2)32-17-21(31)15-30(20-13-14-20)16-22-25(19-9-5-4-6-10-19)28-29(3)26(22)33-24-12-8-7-11-23(24)27/h4-12,18,20-21,31H,13-17H2,1-3H3/t21-/m1/s1. The van der Waals surface area contributed by atoms with Gasteiger partial charge in [0.25, 0.3) is 0 Å². The van der Waals surface area contributed by atoms with Crippen molar-refractivity contribution in [2.24, 2.45) is 7.05 Å². The Balaban J connectivity index is 1.66. The van der Waals surface area contributed by atoms with Crippen molar-refractivity contribution in [1.29, 1.82) is 0 Å². The molecule has 0 saturated heterocycles. The van der Waals surface area contributed by atoms with E-state index in [0.717, 1.165) is 29.7 Å². The van der Waals surface area contributed by atoms with Gasteiger partial charge in [0.2, 0.25) is 5.88 Å². The van der Waals surface area contributed by atoms with E-state index in [4.69, 9.17) is 26.2 Å². The Labute approximate surface area is 200 Å². The Morgan fingerprint density at radius 1 is 1.12 bits per heavy atom. The van der Waals surface area contributed by atoms with Crippen molar-refractivity contribution in [2.75, 3.05) is 13.2 Å². The number of halogens is 1. The average molecular weight is 470 g/mol. The molecule has 3 aromatic rings. The molecular weight excluding hydrogens is 438 g/mol. The lowest BCUT2D eigenvalue weighted by atomic mass is 10.1. The van der Waals surface area contributed by atoms with Crippen molar-refractivity contribution in [1.82, 2.24) is 14.7 Å². The van der Waals surface area contributed by atoms with E-state index in [2.05, 4.69) is 17.0 Å². The number of nitrogens with zero attached hydrogens (tertiary/aromatic N) is 3. The van der Waals surface area contributed by atoms with E-state index in [1.54, 1.807) is 4.68 Å². The van der Waals surface area contributed by atoms with Crippen LogP contribution in [0.2, 0.25) is 5.02 Å². The Morgan fingerprint density at radius 3 is 2.48 bits per heavy atom. The van der Waals surface area contributed by atoms with E-state index >= 15 is 0 Å². The number of benzene rings is 2. The van der Waals surface area contributed by atoms with Gasteiger partial charge < -0.3 is 14.6 Å². The second kappa shape index (κ2) is 10.7. The van der Waals surface area contributed by atoms with Crippen molar-refractivity contribution in [2.45, 2.75) is 51.5 Å². The first kappa shape index (κ1) is 23.8. The molecule has 0 radical (unpaired) electrons. The third-order valence-corrected chi connectivity index (χ3v) is 5.98. The normalized spacial score (nSPS) is 14.8. The molecule has 1 aliphatic carbocycles. The molecule has 1 heterocycles. The smallest absolute Gasteiger partial charge is 0.222 e. The predicted molar refractivity (Wildman–Crippen MR) is 131 cm³/mol. The average Bonchev–Trinajstić information content (AvgIpc) is 3.60. The molecule has 7 heteroatoms. The maximum atomic E-state index is 10.6. The molecule has 0 unspecified atom stereocenters. The van der Waals surface area contributed by atoms with Gasteiger partial charge in [0.1, 0.15) is 11.4 Å². The lowest BCUT2D eigenvalue weighted by Crippen LogP contribution is -2.36. The Morgan fingerprint density at radius 2 is 1.82 bits per heavy atom. The van der Waals surface area contributed by atoms with Crippen LogP contribution in [0.25, 0.3) is 11.3 Å². The number of aromatic nitrogens is 2. The monoisotopic (exact) mass is 469 g/mol. The predicted octanol–water partition coefficient (Wildman–Crippen LogP) is 5.28. The molecule has 0 aliphatic heterocycles. The van der Waals surface area contributed by atoms with Gasteiger partial charge in [-0.3, -0.25) is 4.90 Å². The van der Waals surface area contributed by atoms with Gasteiger partial charge in [-0.2, -0.15) is 5.10 Å². The molecule has 176 valence electrons. The molecule has 6 nitrogen and oxygen atoms in total. The Kier molecular flexibility index (Phi) is 7.71. The van der Waals surface area contributed by atoms with Crippen LogP contribution in [0.15, 0.2) is 54.6 Å². The maximum Gasteiger partial charge on any atom is 0.222 e. The van der Waals surface area contributed by atoms with Crippen LogP contribution in [-0.2, 0) is 18.3 Å². The van der Waals surface area contributed by atoms with E-state index < -0.39 is 6.10 Å². The second-order valence-corrected chi connectivity index (χ2v) is 9.26. The van der Waals surface area contributed by atoms with Crippen LogP contribution >= 0.6 is 11.6 Å². The highest BCUT2D eigenvalue weighted by atomic mass is 35.5. The van der Waals surface area contributed by atoms with Crippen LogP contribution in [0, 0.1) is 0 Å². The molecule has 1 fully saturated rings. The number of aliphatic hydroxyl groups is 1. The second-order valence-electron chi connectivity index (χ2n) is 8.85. The SMILES string of the molecule is CC(C)OC[C@H](O)CN(Cc1c(-c2ccccc2)nn(C)c1Oc1ccccc1Cl)C1CC1. The zero-order valence-corrected chi connectivity index (χ0v) is 20.2. The maximum absolute atomic E-state index is 10.6. The molecule has 0 amide bonds. The first-order valence-electron chi connectivity index (χ1n) is 11.5. The van der Waals surface area contributed by atoms with Gasteiger partial charge in [-0.05, 0) is 38.8 Å². The van der Waals surface area contributed by atoms with Crippen LogP contribution in [0.1, 0.15) is 32.3 Å². The summed E-state index contributed by atoms with van der Waals surface area (Å²) in [5, 5.41) is 16.0. The number of hydrogen-bond donors (Lipinski definition) is 1. The first-order chi connectivity index (χ1) is 15.9. The van der Waals surface area contributed by atoms with Crippen LogP contribution < -0.4 is 4.74 Å². The minimum atomic E-state index is -0.558. The van der Waals surface area contributed by atoms with Crippen LogP contribution in [0.4, 0.5) is 0 Å². The van der Waals surface area contributed by atoms with E-state index in [0.29, 0.717) is 42.4 Å². The molecular formula is C26H32ClN3O3. The Bertz CT molecular complexity index is 1050. The number of hydrogen-bond acceptors (Lipinski definition) is 5. The van der Waals surface area contributed by atoms with E-state index in [1.807, 2.05) is 63.4 Å². The Hall–Kier alpha value is -2.38. The molecule has 4 rings (SSSR count). The van der Waals surface area contributed by atoms with Gasteiger partial charge in [-0.1, -0.05) is 54.1 Å². The molecule has 1 aromatic heterocycles. The molecule has 2 aromatic carbocycles. The third-order valence-electron chi connectivity index (χ3n) is 5.67. The third kappa shape index (κ3) is 6.15. The van der Waals surface area contributed by atoms with E-state index in [-0.39, 0.29) is 6.10 Å². The number of para-hydroxylation sites is 1. The number of aryl methyl sites for hydroxylation is 1. The van der Waals surface area contributed by atoms with Crippen LogP contribution in [-0.4, -0.2) is 51.2 Å². The molecule has 1 atom stereocenters. The molecule has 0 spiro atoms. The summed E-state index contributed by atoms with van der Waals surface area (Å²) in [6.07, 6.45) is 1.78. The van der Waals surface area contributed by atoms with Crippen molar-refractivity contribution in [3.05, 3.63) is 65.2 Å². The summed E-state index contributed by atoms with van der Waals surface area (Å²) in [5.41, 5.74) is 2.88. The zero-order chi connectivity index (χ0) is 23.4.